The van der Waals surface area contributed by atoms with Crippen molar-refractivity contribution < 1.29 is 59.2 Å². The molecular weight excluding hydrogens is 715 g/mol. The predicted octanol–water partition coefficient (Wildman–Crippen LogP) is 7.79. The number of ether oxygens (including phenoxy) is 3. The number of phenolic OH excluding ortho intramolecular Hbond substituents is 6. The van der Waals surface area contributed by atoms with Crippen LogP contribution < -0.4 is 14.2 Å². The Kier molecular flexibility index (Phi) is 11.1. The van der Waals surface area contributed by atoms with Crippen LogP contribution in [0.15, 0.2) is 127 Å². The van der Waals surface area contributed by atoms with Crippen molar-refractivity contribution in [2.75, 3.05) is 0 Å². The number of carbonyl (C=O) groups is 3. The molecule has 0 aliphatic rings. The van der Waals surface area contributed by atoms with Crippen molar-refractivity contribution in [3.05, 3.63) is 161 Å². The van der Waals surface area contributed by atoms with Gasteiger partial charge in [0.15, 0.2) is 0 Å². The Bertz CT molecular complexity index is 2020. The van der Waals surface area contributed by atoms with Crippen molar-refractivity contribution >= 4 is 27.8 Å². The zero-order valence-corrected chi connectivity index (χ0v) is 29.1. The maximum atomic E-state index is 12.7. The summed E-state index contributed by atoms with van der Waals surface area (Å²) >= 11 is 0. The van der Waals surface area contributed by atoms with E-state index in [9.17, 15) is 45.0 Å². The fourth-order valence-corrected chi connectivity index (χ4v) is 5.71. The van der Waals surface area contributed by atoms with E-state index in [0.717, 1.165) is 71.3 Å². The van der Waals surface area contributed by atoms with Crippen LogP contribution in [0.1, 0.15) is 54.7 Å². The molecule has 0 atom stereocenters. The average molecular weight is 746 g/mol. The maximum absolute atomic E-state index is 12.7. The number of benzene rings is 6. The molecule has 12 nitrogen and oxygen atoms in total. The number of esters is 3. The molecule has 0 fully saturated rings. The molecule has 0 aromatic heterocycles. The van der Waals surface area contributed by atoms with Crippen LogP contribution in [0, 0.1) is 0 Å². The topological polar surface area (TPSA) is 200 Å². The number of phenols is 6. The average Bonchev–Trinajstić information content (AvgIpc) is 3.11. The maximum Gasteiger partial charge on any atom is 0.343 e. The summed E-state index contributed by atoms with van der Waals surface area (Å²) in [4.78, 5) is 38.2. The smallest absolute Gasteiger partial charge is 0.343 e. The van der Waals surface area contributed by atoms with Gasteiger partial charge in [-0.15, -0.1) is 0 Å². The molecule has 274 valence electrons. The van der Waals surface area contributed by atoms with Gasteiger partial charge in [-0.05, 0) is 96.4 Å². The Labute approximate surface area is 311 Å². The van der Waals surface area contributed by atoms with Gasteiger partial charge in [0.1, 0.15) is 51.7 Å². The van der Waals surface area contributed by atoms with Gasteiger partial charge >= 0.3 is 17.9 Å². The first-order valence-corrected chi connectivity index (χ1v) is 15.8. The molecule has 13 heteroatoms. The summed E-state index contributed by atoms with van der Waals surface area (Å²) in [6, 6.07) is 30.2. The Morgan fingerprint density at radius 3 is 0.796 bits per heavy atom. The Balaban J connectivity index is 0.00000561. The molecule has 0 aliphatic carbocycles. The quantitative estimate of drug-likeness (QED) is 0.0364. The summed E-state index contributed by atoms with van der Waals surface area (Å²) < 4.78 is 16.4. The van der Waals surface area contributed by atoms with Crippen molar-refractivity contribution in [3.63, 3.8) is 0 Å². The summed E-state index contributed by atoms with van der Waals surface area (Å²) in [5.74, 6) is -3.67. The van der Waals surface area contributed by atoms with Gasteiger partial charge in [-0.3, -0.25) is 0 Å². The third-order valence-corrected chi connectivity index (χ3v) is 8.34. The van der Waals surface area contributed by atoms with Crippen LogP contribution in [0.2, 0.25) is 0 Å². The largest absolute Gasteiger partial charge is 3.00 e. The van der Waals surface area contributed by atoms with Gasteiger partial charge in [0.25, 0.3) is 0 Å². The molecule has 0 unspecified atom stereocenters. The summed E-state index contributed by atoms with van der Waals surface area (Å²) in [6.45, 7) is 1.93. The highest BCUT2D eigenvalue weighted by molar-refractivity contribution is 6.92. The molecule has 0 heterocycles. The van der Waals surface area contributed by atoms with E-state index in [2.05, 4.69) is 0 Å². The monoisotopic (exact) mass is 745 g/mol. The van der Waals surface area contributed by atoms with E-state index < -0.39 is 23.3 Å². The molecular formula is C41H30O12P-3. The second-order valence-electron chi connectivity index (χ2n) is 12.1. The molecule has 0 amide bonds. The first-order chi connectivity index (χ1) is 25.3. The normalized spacial score (nSPS) is 10.8. The molecule has 54 heavy (non-hydrogen) atoms. The molecule has 0 radical (unpaired) electrons. The van der Waals surface area contributed by atoms with E-state index in [1.54, 1.807) is 72.8 Å². The Morgan fingerprint density at radius 1 is 0.389 bits per heavy atom. The Morgan fingerprint density at radius 2 is 0.593 bits per heavy atom. The third kappa shape index (κ3) is 8.52. The van der Waals surface area contributed by atoms with E-state index in [1.165, 1.54) is 0 Å². The lowest BCUT2D eigenvalue weighted by Crippen LogP contribution is -2.25. The van der Waals surface area contributed by atoms with E-state index in [-0.39, 0.29) is 78.3 Å². The van der Waals surface area contributed by atoms with Crippen molar-refractivity contribution in [2.24, 2.45) is 0 Å². The molecule has 6 N–H and O–H groups in total. The summed E-state index contributed by atoms with van der Waals surface area (Å²) in [5.41, 5.74) is 1.10. The molecule has 0 spiro atoms. The summed E-state index contributed by atoms with van der Waals surface area (Å²) in [6.07, 6.45) is 0. The van der Waals surface area contributed by atoms with Crippen molar-refractivity contribution in [2.45, 2.75) is 12.3 Å². The standard InChI is InChI=1S/C41H30O12.P/c1-41(26-2-8-35(9-3-26)51-38(48)23-14-29(42)20-30(43)15-23,27-4-10-36(11-5-27)52-39(49)24-16-31(44)21-32(45)17-24)28-6-12-37(13-7-28)53-40(50)25-18-33(46)22-34(47)19-25;/h2-22,42-47H,1H3;/q;-3. The van der Waals surface area contributed by atoms with Crippen molar-refractivity contribution in [1.29, 1.82) is 0 Å². The van der Waals surface area contributed by atoms with Gasteiger partial charge in [0, 0.05) is 23.6 Å². The molecule has 6 rings (SSSR count). The number of rotatable bonds is 9. The van der Waals surface area contributed by atoms with E-state index >= 15 is 0 Å². The lowest BCUT2D eigenvalue weighted by molar-refractivity contribution is 0.0724. The highest BCUT2D eigenvalue weighted by atomic mass is 31.0. The Hall–Kier alpha value is -7.04. The minimum atomic E-state index is -0.918. The fourth-order valence-electron chi connectivity index (χ4n) is 5.71. The van der Waals surface area contributed by atoms with Gasteiger partial charge in [-0.2, -0.15) is 0 Å². The number of carbonyl (C=O) groups excluding carboxylic acids is 3. The number of aromatic hydroxyl groups is 6. The van der Waals surface area contributed by atoms with E-state index in [0.29, 0.717) is 0 Å². The van der Waals surface area contributed by atoms with Crippen LogP contribution in [-0.2, 0) is 5.41 Å². The van der Waals surface area contributed by atoms with Crippen LogP contribution in [0.5, 0.6) is 51.7 Å². The van der Waals surface area contributed by atoms with E-state index in [4.69, 9.17) is 14.2 Å². The van der Waals surface area contributed by atoms with Crippen LogP contribution in [-0.4, -0.2) is 48.5 Å². The first-order valence-electron chi connectivity index (χ1n) is 15.8. The van der Waals surface area contributed by atoms with Gasteiger partial charge in [0.2, 0.25) is 0 Å². The van der Waals surface area contributed by atoms with E-state index in [1.807, 2.05) is 6.92 Å². The molecule has 0 bridgehead atoms. The zero-order valence-electron chi connectivity index (χ0n) is 28.2. The fraction of sp³-hybridized carbons (Fsp3) is 0.0488. The number of hydrogen-bond acceptors (Lipinski definition) is 12. The van der Waals surface area contributed by atoms with Crippen molar-refractivity contribution in [1.82, 2.24) is 0 Å². The SMILES string of the molecule is CC(c1ccc(OC(=O)c2cc(O)cc(O)c2)cc1)(c1ccc(OC(=O)c2cc(O)cc(O)c2)cc1)c1ccc(OC(=O)c2cc(O)cc(O)c2)cc1.[P-3]. The van der Waals surface area contributed by atoms with Gasteiger partial charge in [-0.1, -0.05) is 36.4 Å². The van der Waals surface area contributed by atoms with Crippen molar-refractivity contribution in [3.8, 4) is 51.7 Å². The zero-order chi connectivity index (χ0) is 37.9. The lowest BCUT2D eigenvalue weighted by atomic mass is 9.71. The molecule has 0 saturated carbocycles. The minimum absolute atomic E-state index is 0. The predicted molar refractivity (Wildman–Crippen MR) is 196 cm³/mol. The summed E-state index contributed by atoms with van der Waals surface area (Å²) in [7, 11) is 0. The van der Waals surface area contributed by atoms with Gasteiger partial charge < -0.3 is 54.7 Å². The minimum Gasteiger partial charge on any atom is -3.00 e. The van der Waals surface area contributed by atoms with Gasteiger partial charge in [-0.25, -0.2) is 14.4 Å². The lowest BCUT2D eigenvalue weighted by Gasteiger charge is -3.00. The van der Waals surface area contributed by atoms with Crippen LogP contribution in [0.25, 0.3) is 0 Å². The molecule has 6 aromatic rings. The molecule has 0 aliphatic heterocycles. The second kappa shape index (κ2) is 15.7. The van der Waals surface area contributed by atoms with Gasteiger partial charge in [0.05, 0.1) is 16.7 Å². The third-order valence-electron chi connectivity index (χ3n) is 8.34. The number of hydrogen-bond donors (Lipinski definition) is 6. The van der Waals surface area contributed by atoms with Crippen LogP contribution >= 0.6 is 9.90 Å². The first kappa shape index (κ1) is 38.2. The molecule has 6 aromatic carbocycles. The second-order valence-corrected chi connectivity index (χ2v) is 12.1. The molecule has 0 saturated heterocycles. The summed E-state index contributed by atoms with van der Waals surface area (Å²) in [5, 5.41) is 58.6. The highest BCUT2D eigenvalue weighted by Crippen LogP contribution is 2.41. The van der Waals surface area contributed by atoms with Crippen LogP contribution in [0.4, 0.5) is 0 Å². The van der Waals surface area contributed by atoms with Crippen LogP contribution in [0.3, 0.4) is 0 Å². The highest BCUT2D eigenvalue weighted by Gasteiger charge is 2.32.